The van der Waals surface area contributed by atoms with Gasteiger partial charge in [-0.3, -0.25) is 0 Å². The molecule has 162 valence electrons. The molecule has 7 heteroatoms. The highest BCUT2D eigenvalue weighted by Crippen LogP contribution is 2.45. The van der Waals surface area contributed by atoms with E-state index >= 15 is 0 Å². The van der Waals surface area contributed by atoms with Gasteiger partial charge in [0.05, 0.1) is 17.2 Å². The molecule has 5 rings (SSSR count). The van der Waals surface area contributed by atoms with E-state index < -0.39 is 11.6 Å². The Morgan fingerprint density at radius 3 is 2.52 bits per heavy atom. The van der Waals surface area contributed by atoms with Crippen LogP contribution in [0.2, 0.25) is 0 Å². The average molecular weight is 427 g/mol. The number of ether oxygens (including phenoxy) is 2. The fourth-order valence-electron chi connectivity index (χ4n) is 4.43. The van der Waals surface area contributed by atoms with Gasteiger partial charge in [0.2, 0.25) is 5.88 Å². The molecule has 0 unspecified atom stereocenters. The standard InChI is InChI=1S/C24H23F2NO4/c25-18-5-4-14(10-19(18)26)21-17-2-1-3-20(29)22(17)24(31-16-11-15(28)12-16)27-23(21)13-6-8-30-9-7-13/h1-5,10,13,15-16,28-29H,6-9,11-12H2/t15-,16+. The number of hydrogen-bond donors (Lipinski definition) is 2. The molecule has 2 aromatic carbocycles. The first-order valence-electron chi connectivity index (χ1n) is 10.5. The zero-order chi connectivity index (χ0) is 21.5. The first-order chi connectivity index (χ1) is 15.0. The number of aromatic hydroxyl groups is 1. The number of benzene rings is 2. The third-order valence-electron chi connectivity index (χ3n) is 6.17. The SMILES string of the molecule is Oc1cccc2c(-c3ccc(F)c(F)c3)c(C3CCOCC3)nc(O[C@H]3C[C@@H](O)C3)c12. The minimum absolute atomic E-state index is 0.00207. The summed E-state index contributed by atoms with van der Waals surface area (Å²) >= 11 is 0. The smallest absolute Gasteiger partial charge is 0.225 e. The van der Waals surface area contributed by atoms with E-state index in [1.165, 1.54) is 12.1 Å². The summed E-state index contributed by atoms with van der Waals surface area (Å²) in [5.74, 6) is -1.49. The maximum absolute atomic E-state index is 14.1. The fraction of sp³-hybridized carbons (Fsp3) is 0.375. The zero-order valence-electron chi connectivity index (χ0n) is 16.9. The third kappa shape index (κ3) is 3.72. The van der Waals surface area contributed by atoms with Crippen molar-refractivity contribution in [3.05, 3.63) is 53.7 Å². The zero-order valence-corrected chi connectivity index (χ0v) is 16.9. The monoisotopic (exact) mass is 427 g/mol. The van der Waals surface area contributed by atoms with Gasteiger partial charge in [-0.1, -0.05) is 18.2 Å². The molecule has 2 heterocycles. The summed E-state index contributed by atoms with van der Waals surface area (Å²) in [6, 6.07) is 8.90. The van der Waals surface area contributed by atoms with Crippen LogP contribution in [0, 0.1) is 11.6 Å². The van der Waals surface area contributed by atoms with Crippen molar-refractivity contribution in [3.63, 3.8) is 0 Å². The van der Waals surface area contributed by atoms with Crippen molar-refractivity contribution in [2.24, 2.45) is 0 Å². The summed E-state index contributed by atoms with van der Waals surface area (Å²) in [5.41, 5.74) is 1.88. The molecular weight excluding hydrogens is 404 g/mol. The largest absolute Gasteiger partial charge is 0.507 e. The van der Waals surface area contributed by atoms with Gasteiger partial charge < -0.3 is 19.7 Å². The van der Waals surface area contributed by atoms with Gasteiger partial charge in [0, 0.05) is 42.9 Å². The summed E-state index contributed by atoms with van der Waals surface area (Å²) in [5, 5.41) is 21.4. The first-order valence-corrected chi connectivity index (χ1v) is 10.5. The van der Waals surface area contributed by atoms with Crippen LogP contribution >= 0.6 is 0 Å². The van der Waals surface area contributed by atoms with Crippen molar-refractivity contribution in [2.75, 3.05) is 13.2 Å². The number of rotatable bonds is 4. The number of aromatic nitrogens is 1. The van der Waals surface area contributed by atoms with E-state index in [0.717, 1.165) is 24.6 Å². The molecule has 3 aromatic rings. The van der Waals surface area contributed by atoms with Gasteiger partial charge in [0.15, 0.2) is 11.6 Å². The molecule has 1 aromatic heterocycles. The summed E-state index contributed by atoms with van der Waals surface area (Å²) < 4.78 is 39.4. The van der Waals surface area contributed by atoms with E-state index in [1.54, 1.807) is 12.1 Å². The second-order valence-corrected chi connectivity index (χ2v) is 8.26. The maximum Gasteiger partial charge on any atom is 0.225 e. The van der Waals surface area contributed by atoms with Gasteiger partial charge in [-0.05, 0) is 36.6 Å². The van der Waals surface area contributed by atoms with Crippen molar-refractivity contribution in [3.8, 4) is 22.8 Å². The lowest BCUT2D eigenvalue weighted by atomic mass is 9.87. The highest BCUT2D eigenvalue weighted by Gasteiger charge is 2.32. The van der Waals surface area contributed by atoms with Crippen molar-refractivity contribution < 1.29 is 28.5 Å². The Kier molecular flexibility index (Phi) is 5.24. The van der Waals surface area contributed by atoms with Crippen molar-refractivity contribution >= 4 is 10.8 Å². The quantitative estimate of drug-likeness (QED) is 0.633. The van der Waals surface area contributed by atoms with Crippen LogP contribution in [0.5, 0.6) is 11.6 Å². The lowest BCUT2D eigenvalue weighted by Gasteiger charge is -2.32. The second kappa shape index (κ2) is 8.05. The Hall–Kier alpha value is -2.77. The van der Waals surface area contributed by atoms with E-state index in [0.29, 0.717) is 53.8 Å². The molecule has 0 atom stereocenters. The van der Waals surface area contributed by atoms with Gasteiger partial charge >= 0.3 is 0 Å². The number of phenols is 1. The van der Waals surface area contributed by atoms with Crippen molar-refractivity contribution in [2.45, 2.75) is 43.8 Å². The number of halogens is 2. The molecule has 2 aliphatic rings. The summed E-state index contributed by atoms with van der Waals surface area (Å²) in [4.78, 5) is 4.83. The molecule has 0 spiro atoms. The molecule has 0 bridgehead atoms. The van der Waals surface area contributed by atoms with E-state index in [-0.39, 0.29) is 23.9 Å². The van der Waals surface area contributed by atoms with Gasteiger partial charge in [-0.25, -0.2) is 13.8 Å². The molecule has 1 aliphatic heterocycles. The van der Waals surface area contributed by atoms with Gasteiger partial charge in [0.1, 0.15) is 11.9 Å². The molecule has 2 fully saturated rings. The van der Waals surface area contributed by atoms with Gasteiger partial charge in [-0.15, -0.1) is 0 Å². The Balaban J connectivity index is 1.74. The molecular formula is C24H23F2NO4. The van der Waals surface area contributed by atoms with Crippen molar-refractivity contribution in [1.29, 1.82) is 0 Å². The molecule has 0 amide bonds. The number of aliphatic hydroxyl groups excluding tert-OH is 1. The van der Waals surface area contributed by atoms with Gasteiger partial charge in [0.25, 0.3) is 0 Å². The van der Waals surface area contributed by atoms with Gasteiger partial charge in [-0.2, -0.15) is 0 Å². The number of fused-ring (bicyclic) bond motifs is 1. The number of aliphatic hydroxyl groups is 1. The summed E-state index contributed by atoms with van der Waals surface area (Å²) in [6.07, 6.45) is 1.94. The normalized spacial score (nSPS) is 21.8. The Labute approximate surface area is 178 Å². The van der Waals surface area contributed by atoms with Crippen LogP contribution in [0.25, 0.3) is 21.9 Å². The molecule has 31 heavy (non-hydrogen) atoms. The van der Waals surface area contributed by atoms with E-state index in [9.17, 15) is 19.0 Å². The molecule has 0 radical (unpaired) electrons. The predicted octanol–water partition coefficient (Wildman–Crippen LogP) is 4.68. The van der Waals surface area contributed by atoms with Crippen LogP contribution in [0.3, 0.4) is 0 Å². The van der Waals surface area contributed by atoms with Crippen LogP contribution in [-0.4, -0.2) is 40.6 Å². The lowest BCUT2D eigenvalue weighted by molar-refractivity contribution is -0.0122. The second-order valence-electron chi connectivity index (χ2n) is 8.26. The van der Waals surface area contributed by atoms with E-state index in [4.69, 9.17) is 14.5 Å². The Morgan fingerprint density at radius 1 is 1.03 bits per heavy atom. The number of hydrogen-bond acceptors (Lipinski definition) is 5. The topological polar surface area (TPSA) is 71.8 Å². The first kappa shape index (κ1) is 20.2. The summed E-state index contributed by atoms with van der Waals surface area (Å²) in [6.45, 7) is 1.18. The molecule has 1 aliphatic carbocycles. The van der Waals surface area contributed by atoms with E-state index in [1.807, 2.05) is 6.07 Å². The average Bonchev–Trinajstić information content (AvgIpc) is 2.75. The lowest BCUT2D eigenvalue weighted by Crippen LogP contribution is -2.37. The highest BCUT2D eigenvalue weighted by atomic mass is 19.2. The highest BCUT2D eigenvalue weighted by molar-refractivity contribution is 6.03. The molecule has 1 saturated heterocycles. The van der Waals surface area contributed by atoms with Crippen LogP contribution in [0.1, 0.15) is 37.3 Å². The van der Waals surface area contributed by atoms with Crippen LogP contribution in [0.15, 0.2) is 36.4 Å². The number of phenolic OH excluding ortho intramolecular Hbond substituents is 1. The number of pyridine rings is 1. The minimum Gasteiger partial charge on any atom is -0.507 e. The number of nitrogens with zero attached hydrogens (tertiary/aromatic N) is 1. The van der Waals surface area contributed by atoms with E-state index in [2.05, 4.69) is 0 Å². The Morgan fingerprint density at radius 2 is 1.81 bits per heavy atom. The third-order valence-corrected chi connectivity index (χ3v) is 6.17. The van der Waals surface area contributed by atoms with Crippen molar-refractivity contribution in [1.82, 2.24) is 4.98 Å². The Bertz CT molecular complexity index is 1120. The molecule has 1 saturated carbocycles. The maximum atomic E-state index is 14.1. The van der Waals surface area contributed by atoms with Crippen LogP contribution < -0.4 is 4.74 Å². The predicted molar refractivity (Wildman–Crippen MR) is 111 cm³/mol. The molecule has 2 N–H and O–H groups in total. The van der Waals surface area contributed by atoms with Crippen LogP contribution in [-0.2, 0) is 4.74 Å². The minimum atomic E-state index is -0.937. The fourth-order valence-corrected chi connectivity index (χ4v) is 4.43. The molecule has 5 nitrogen and oxygen atoms in total. The summed E-state index contributed by atoms with van der Waals surface area (Å²) in [7, 11) is 0. The van der Waals surface area contributed by atoms with Crippen LogP contribution in [0.4, 0.5) is 8.78 Å².